The van der Waals surface area contributed by atoms with E-state index in [1.165, 1.54) is 19.3 Å². The third-order valence-corrected chi connectivity index (χ3v) is 4.50. The first-order valence-corrected chi connectivity index (χ1v) is 8.49. The van der Waals surface area contributed by atoms with E-state index in [0.29, 0.717) is 10.8 Å². The van der Waals surface area contributed by atoms with E-state index in [1.807, 2.05) is 31.2 Å². The summed E-state index contributed by atoms with van der Waals surface area (Å²) in [5, 5.41) is 12.7. The molecular formula is C17H22ClN5. The van der Waals surface area contributed by atoms with Crippen molar-refractivity contribution in [3.05, 3.63) is 35.0 Å². The zero-order valence-electron chi connectivity index (χ0n) is 13.6. The molecule has 0 spiro atoms. The van der Waals surface area contributed by atoms with Crippen LogP contribution in [-0.2, 0) is 0 Å². The maximum absolute atomic E-state index is 5.92. The molecule has 0 bridgehead atoms. The molecule has 0 aliphatic carbocycles. The highest BCUT2D eigenvalue weighted by Crippen LogP contribution is 2.20. The van der Waals surface area contributed by atoms with Gasteiger partial charge in [-0.25, -0.2) is 4.98 Å². The molecule has 0 radical (unpaired) electrons. The Labute approximate surface area is 142 Å². The number of hydrogen-bond donors (Lipinski definition) is 1. The molecule has 1 aliphatic rings. The van der Waals surface area contributed by atoms with Crippen molar-refractivity contribution < 1.29 is 0 Å². The molecule has 1 aromatic heterocycles. The predicted molar refractivity (Wildman–Crippen MR) is 93.5 cm³/mol. The number of benzene rings is 1. The summed E-state index contributed by atoms with van der Waals surface area (Å²) in [7, 11) is 0. The van der Waals surface area contributed by atoms with Gasteiger partial charge in [0.1, 0.15) is 0 Å². The lowest BCUT2D eigenvalue weighted by Gasteiger charge is -2.33. The molecule has 1 aromatic carbocycles. The number of hydrogen-bond acceptors (Lipinski definition) is 5. The van der Waals surface area contributed by atoms with Crippen LogP contribution in [0, 0.1) is 6.92 Å². The fourth-order valence-electron chi connectivity index (χ4n) is 2.85. The van der Waals surface area contributed by atoms with Gasteiger partial charge >= 0.3 is 0 Å². The van der Waals surface area contributed by atoms with Crippen LogP contribution in [0.1, 0.15) is 31.9 Å². The van der Waals surface area contributed by atoms with E-state index >= 15 is 0 Å². The first kappa shape index (κ1) is 16.1. The Morgan fingerprint density at radius 3 is 2.43 bits per heavy atom. The van der Waals surface area contributed by atoms with Gasteiger partial charge in [-0.3, -0.25) is 4.90 Å². The molecule has 3 rings (SSSR count). The van der Waals surface area contributed by atoms with Gasteiger partial charge in [-0.15, -0.1) is 10.2 Å². The zero-order valence-corrected chi connectivity index (χ0v) is 14.3. The van der Waals surface area contributed by atoms with Crippen molar-refractivity contribution in [1.82, 2.24) is 20.1 Å². The van der Waals surface area contributed by atoms with Gasteiger partial charge < -0.3 is 5.32 Å². The minimum absolute atomic E-state index is 0.242. The third kappa shape index (κ3) is 3.98. The summed E-state index contributed by atoms with van der Waals surface area (Å²) in [5.74, 6) is 1.37. The van der Waals surface area contributed by atoms with E-state index in [9.17, 15) is 0 Å². The Balaban J connectivity index is 1.72. The molecule has 1 N–H and O–H groups in total. The standard InChI is InChI=1S/C17H22ClN5/c1-12-16(20-13(2)23-10-4-3-5-11-23)21-22-17(19-12)14-6-8-15(18)9-7-14/h6-9,13H,3-5,10-11H2,1-2H3,(H,20,21). The van der Waals surface area contributed by atoms with Crippen LogP contribution in [0.4, 0.5) is 5.82 Å². The molecular weight excluding hydrogens is 310 g/mol. The summed E-state index contributed by atoms with van der Waals surface area (Å²) in [6.07, 6.45) is 4.11. The number of halogens is 1. The maximum atomic E-state index is 5.92. The topological polar surface area (TPSA) is 53.9 Å². The fourth-order valence-corrected chi connectivity index (χ4v) is 2.98. The third-order valence-electron chi connectivity index (χ3n) is 4.25. The van der Waals surface area contributed by atoms with Gasteiger partial charge in [0.2, 0.25) is 0 Å². The molecule has 0 saturated carbocycles. The molecule has 1 aliphatic heterocycles. The normalized spacial score (nSPS) is 17.0. The van der Waals surface area contributed by atoms with Gasteiger partial charge in [-0.05, 0) is 51.0 Å². The van der Waals surface area contributed by atoms with E-state index in [2.05, 4.69) is 32.3 Å². The maximum Gasteiger partial charge on any atom is 0.182 e. The number of anilines is 1. The van der Waals surface area contributed by atoms with Gasteiger partial charge in [0, 0.05) is 23.7 Å². The first-order chi connectivity index (χ1) is 11.1. The van der Waals surface area contributed by atoms with Crippen LogP contribution >= 0.6 is 11.6 Å². The van der Waals surface area contributed by atoms with Gasteiger partial charge in [0.15, 0.2) is 11.6 Å². The average molecular weight is 332 g/mol. The number of aryl methyl sites for hydroxylation is 1. The van der Waals surface area contributed by atoms with Crippen LogP contribution in [0.5, 0.6) is 0 Å². The molecule has 23 heavy (non-hydrogen) atoms. The lowest BCUT2D eigenvalue weighted by Crippen LogP contribution is -2.42. The summed E-state index contributed by atoms with van der Waals surface area (Å²) in [6, 6.07) is 7.48. The monoisotopic (exact) mass is 331 g/mol. The minimum Gasteiger partial charge on any atom is -0.352 e. The highest BCUT2D eigenvalue weighted by Gasteiger charge is 2.18. The molecule has 1 fully saturated rings. The highest BCUT2D eigenvalue weighted by atomic mass is 35.5. The fraction of sp³-hybridized carbons (Fsp3) is 0.471. The molecule has 5 nitrogen and oxygen atoms in total. The number of aromatic nitrogens is 3. The van der Waals surface area contributed by atoms with Gasteiger partial charge in [0.25, 0.3) is 0 Å². The average Bonchev–Trinajstić information content (AvgIpc) is 2.58. The second-order valence-electron chi connectivity index (χ2n) is 5.99. The Morgan fingerprint density at radius 1 is 1.09 bits per heavy atom. The SMILES string of the molecule is Cc1nc(-c2ccc(Cl)cc2)nnc1NC(C)N1CCCCC1. The van der Waals surface area contributed by atoms with Gasteiger partial charge in [0.05, 0.1) is 11.9 Å². The molecule has 2 aromatic rings. The smallest absolute Gasteiger partial charge is 0.182 e. The van der Waals surface area contributed by atoms with Crippen LogP contribution in [0.3, 0.4) is 0 Å². The summed E-state index contributed by atoms with van der Waals surface area (Å²) >= 11 is 5.92. The zero-order chi connectivity index (χ0) is 16.2. The number of likely N-dealkylation sites (tertiary alicyclic amines) is 1. The van der Waals surface area contributed by atoms with E-state index < -0.39 is 0 Å². The summed E-state index contributed by atoms with van der Waals surface area (Å²) < 4.78 is 0. The molecule has 2 heterocycles. The van der Waals surface area contributed by atoms with Crippen molar-refractivity contribution in [3.8, 4) is 11.4 Å². The van der Waals surface area contributed by atoms with Crippen LogP contribution in [0.25, 0.3) is 11.4 Å². The Hall–Kier alpha value is -1.72. The van der Waals surface area contributed by atoms with Crippen molar-refractivity contribution in [3.63, 3.8) is 0 Å². The van der Waals surface area contributed by atoms with Crippen molar-refractivity contribution in [1.29, 1.82) is 0 Å². The van der Waals surface area contributed by atoms with Gasteiger partial charge in [-0.1, -0.05) is 18.0 Å². The van der Waals surface area contributed by atoms with E-state index in [4.69, 9.17) is 11.6 Å². The second kappa shape index (κ2) is 7.23. The number of nitrogens with one attached hydrogen (secondary N) is 1. The summed E-state index contributed by atoms with van der Waals surface area (Å²) in [6.45, 7) is 6.40. The molecule has 1 atom stereocenters. The van der Waals surface area contributed by atoms with Crippen molar-refractivity contribution in [2.75, 3.05) is 18.4 Å². The number of piperidine rings is 1. The van der Waals surface area contributed by atoms with Crippen LogP contribution in [0.2, 0.25) is 5.02 Å². The minimum atomic E-state index is 0.242. The molecule has 1 unspecified atom stereocenters. The second-order valence-corrected chi connectivity index (χ2v) is 6.43. The first-order valence-electron chi connectivity index (χ1n) is 8.11. The Bertz CT molecular complexity index is 653. The van der Waals surface area contributed by atoms with Crippen LogP contribution in [-0.4, -0.2) is 39.3 Å². The lowest BCUT2D eigenvalue weighted by atomic mass is 10.1. The predicted octanol–water partition coefficient (Wildman–Crippen LogP) is 3.74. The molecule has 1 saturated heterocycles. The number of nitrogens with zero attached hydrogens (tertiary/aromatic N) is 4. The van der Waals surface area contributed by atoms with Crippen LogP contribution in [0.15, 0.2) is 24.3 Å². The molecule has 0 amide bonds. The summed E-state index contributed by atoms with van der Waals surface area (Å²) in [4.78, 5) is 7.02. The van der Waals surface area contributed by atoms with Crippen molar-refractivity contribution in [2.45, 2.75) is 39.3 Å². The van der Waals surface area contributed by atoms with Gasteiger partial charge in [-0.2, -0.15) is 0 Å². The van der Waals surface area contributed by atoms with Crippen LogP contribution < -0.4 is 5.32 Å². The summed E-state index contributed by atoms with van der Waals surface area (Å²) in [5.41, 5.74) is 1.77. The highest BCUT2D eigenvalue weighted by molar-refractivity contribution is 6.30. The van der Waals surface area contributed by atoms with E-state index in [-0.39, 0.29) is 6.17 Å². The van der Waals surface area contributed by atoms with Crippen molar-refractivity contribution in [2.24, 2.45) is 0 Å². The Morgan fingerprint density at radius 2 is 1.78 bits per heavy atom. The number of rotatable bonds is 4. The van der Waals surface area contributed by atoms with Crippen molar-refractivity contribution >= 4 is 17.4 Å². The largest absolute Gasteiger partial charge is 0.352 e. The molecule has 6 heteroatoms. The lowest BCUT2D eigenvalue weighted by molar-refractivity contribution is 0.189. The molecule has 122 valence electrons. The Kier molecular flexibility index (Phi) is 5.08. The van der Waals surface area contributed by atoms with E-state index in [0.717, 1.165) is 30.2 Å². The quantitative estimate of drug-likeness (QED) is 0.924. The van der Waals surface area contributed by atoms with E-state index in [1.54, 1.807) is 0 Å².